The van der Waals surface area contributed by atoms with E-state index < -0.39 is 0 Å². The van der Waals surface area contributed by atoms with Crippen LogP contribution in [0.1, 0.15) is 57.0 Å². The molecule has 112 valence electrons. The molecule has 1 fully saturated rings. The molecule has 2 rings (SSSR count). The van der Waals surface area contributed by atoms with Crippen molar-refractivity contribution >= 4 is 5.91 Å². The number of carbonyl (C=O) groups excluding carboxylic acids is 1. The van der Waals surface area contributed by atoms with Crippen molar-refractivity contribution in [1.29, 1.82) is 0 Å². The van der Waals surface area contributed by atoms with E-state index in [1.165, 1.54) is 0 Å². The van der Waals surface area contributed by atoms with Crippen LogP contribution in [0.15, 0.2) is 0 Å². The minimum Gasteiger partial charge on any atom is -0.349 e. The molecule has 1 aromatic rings. The summed E-state index contributed by atoms with van der Waals surface area (Å²) in [4.78, 5) is 16.4. The Hall–Kier alpha value is -1.43. The first-order valence-corrected chi connectivity index (χ1v) is 7.22. The lowest BCUT2D eigenvalue weighted by atomic mass is 9.83. The molecule has 0 radical (unpaired) electrons. The van der Waals surface area contributed by atoms with Gasteiger partial charge in [-0.1, -0.05) is 27.7 Å². The Bertz CT molecular complexity index is 468. The lowest BCUT2D eigenvalue weighted by Crippen LogP contribution is -2.45. The molecule has 0 spiro atoms. The Morgan fingerprint density at radius 1 is 1.45 bits per heavy atom. The second kappa shape index (κ2) is 5.52. The van der Waals surface area contributed by atoms with Gasteiger partial charge in [0.05, 0.1) is 0 Å². The van der Waals surface area contributed by atoms with Crippen LogP contribution in [-0.2, 0) is 5.41 Å². The smallest absolute Gasteiger partial charge is 0.290 e. The molecule has 1 aliphatic rings. The molecular formula is C14H25N5O. The zero-order valence-corrected chi connectivity index (χ0v) is 12.8. The maximum Gasteiger partial charge on any atom is 0.290 e. The molecule has 0 aliphatic carbocycles. The largest absolute Gasteiger partial charge is 0.349 e. The van der Waals surface area contributed by atoms with Crippen LogP contribution in [0, 0.1) is 5.41 Å². The van der Waals surface area contributed by atoms with Gasteiger partial charge in [0.2, 0.25) is 5.82 Å². The van der Waals surface area contributed by atoms with E-state index in [0.717, 1.165) is 31.8 Å². The molecule has 2 heterocycles. The molecule has 1 atom stereocenters. The lowest BCUT2D eigenvalue weighted by Gasteiger charge is -2.34. The molecule has 1 aliphatic heterocycles. The molecule has 3 N–H and O–H groups in total. The van der Waals surface area contributed by atoms with Gasteiger partial charge in [-0.2, -0.15) is 0 Å². The summed E-state index contributed by atoms with van der Waals surface area (Å²) in [6, 6.07) is 0. The molecule has 0 aromatic carbocycles. The summed E-state index contributed by atoms with van der Waals surface area (Å²) in [5.41, 5.74) is -0.0120. The van der Waals surface area contributed by atoms with Crippen LogP contribution in [0.25, 0.3) is 0 Å². The standard InChI is InChI=1S/C14H25N5O/c1-13(2,3)12-17-10(18-19-12)11(20)16-9-14(4)6-5-7-15-8-14/h15H,5-9H2,1-4H3,(H,16,20)(H,17,18,19). The number of hydrogen-bond donors (Lipinski definition) is 3. The van der Waals surface area contributed by atoms with Crippen molar-refractivity contribution < 1.29 is 4.79 Å². The van der Waals surface area contributed by atoms with Gasteiger partial charge < -0.3 is 10.6 Å². The summed E-state index contributed by atoms with van der Waals surface area (Å²) >= 11 is 0. The van der Waals surface area contributed by atoms with Crippen molar-refractivity contribution in [2.75, 3.05) is 19.6 Å². The molecule has 20 heavy (non-hydrogen) atoms. The third-order valence-corrected chi connectivity index (χ3v) is 3.76. The number of carbonyl (C=O) groups is 1. The van der Waals surface area contributed by atoms with Crippen LogP contribution in [0.2, 0.25) is 0 Å². The summed E-state index contributed by atoms with van der Waals surface area (Å²) in [5.74, 6) is 0.749. The number of amides is 1. The highest BCUT2D eigenvalue weighted by atomic mass is 16.2. The monoisotopic (exact) mass is 279 g/mol. The summed E-state index contributed by atoms with van der Waals surface area (Å²) in [6.07, 6.45) is 2.28. The van der Waals surface area contributed by atoms with E-state index in [1.807, 2.05) is 20.8 Å². The number of H-pyrrole nitrogens is 1. The fraction of sp³-hybridized carbons (Fsp3) is 0.786. The van der Waals surface area contributed by atoms with Gasteiger partial charge in [-0.05, 0) is 24.8 Å². The number of rotatable bonds is 3. The third kappa shape index (κ3) is 3.56. The number of nitrogens with one attached hydrogen (secondary N) is 3. The molecule has 1 amide bonds. The molecule has 1 unspecified atom stereocenters. The zero-order valence-electron chi connectivity index (χ0n) is 12.8. The number of aromatic amines is 1. The summed E-state index contributed by atoms with van der Waals surface area (Å²) in [5, 5.41) is 13.2. The van der Waals surface area contributed by atoms with Crippen LogP contribution in [0.3, 0.4) is 0 Å². The van der Waals surface area contributed by atoms with E-state index in [-0.39, 0.29) is 22.6 Å². The quantitative estimate of drug-likeness (QED) is 0.777. The highest BCUT2D eigenvalue weighted by molar-refractivity contribution is 5.90. The van der Waals surface area contributed by atoms with Crippen molar-refractivity contribution in [3.05, 3.63) is 11.6 Å². The SMILES string of the molecule is CC1(CNC(=O)c2n[nH]c(C(C)(C)C)n2)CCCNC1. The van der Waals surface area contributed by atoms with Crippen molar-refractivity contribution in [2.24, 2.45) is 5.41 Å². The van der Waals surface area contributed by atoms with Crippen LogP contribution >= 0.6 is 0 Å². The first kappa shape index (κ1) is 15.0. The van der Waals surface area contributed by atoms with Gasteiger partial charge in [-0.15, -0.1) is 5.10 Å². The molecule has 6 nitrogen and oxygen atoms in total. The Kier molecular flexibility index (Phi) is 4.13. The first-order valence-electron chi connectivity index (χ1n) is 7.22. The molecular weight excluding hydrogens is 254 g/mol. The minimum atomic E-state index is -0.205. The second-order valence-electron chi connectivity index (χ2n) is 7.03. The highest BCUT2D eigenvalue weighted by Crippen LogP contribution is 2.24. The first-order chi connectivity index (χ1) is 9.30. The Labute approximate surface area is 120 Å². The van der Waals surface area contributed by atoms with Crippen molar-refractivity contribution in [3.8, 4) is 0 Å². The maximum absolute atomic E-state index is 12.1. The van der Waals surface area contributed by atoms with Gasteiger partial charge in [0, 0.05) is 18.5 Å². The van der Waals surface area contributed by atoms with E-state index in [2.05, 4.69) is 32.7 Å². The molecule has 0 bridgehead atoms. The lowest BCUT2D eigenvalue weighted by molar-refractivity contribution is 0.0914. The summed E-state index contributed by atoms with van der Waals surface area (Å²) in [7, 11) is 0. The summed E-state index contributed by atoms with van der Waals surface area (Å²) in [6.45, 7) is 10.9. The van der Waals surface area contributed by atoms with Gasteiger partial charge in [0.25, 0.3) is 5.91 Å². The highest BCUT2D eigenvalue weighted by Gasteiger charge is 2.28. The van der Waals surface area contributed by atoms with Gasteiger partial charge in [-0.25, -0.2) is 4.98 Å². The van der Waals surface area contributed by atoms with E-state index in [0.29, 0.717) is 6.54 Å². The van der Waals surface area contributed by atoms with E-state index in [1.54, 1.807) is 0 Å². The van der Waals surface area contributed by atoms with Crippen LogP contribution in [0.4, 0.5) is 0 Å². The zero-order chi connectivity index (χ0) is 14.8. The Morgan fingerprint density at radius 2 is 2.20 bits per heavy atom. The maximum atomic E-state index is 12.1. The number of aromatic nitrogens is 3. The van der Waals surface area contributed by atoms with Crippen LogP contribution in [-0.4, -0.2) is 40.7 Å². The summed E-state index contributed by atoms with van der Waals surface area (Å²) < 4.78 is 0. The minimum absolute atomic E-state index is 0.122. The molecule has 6 heteroatoms. The van der Waals surface area contributed by atoms with Crippen molar-refractivity contribution in [2.45, 2.75) is 46.0 Å². The predicted molar refractivity (Wildman–Crippen MR) is 77.6 cm³/mol. The topological polar surface area (TPSA) is 82.7 Å². The van der Waals surface area contributed by atoms with Gasteiger partial charge in [0.1, 0.15) is 5.82 Å². The fourth-order valence-electron chi connectivity index (χ4n) is 2.34. The number of piperidine rings is 1. The Balaban J connectivity index is 1.93. The Morgan fingerprint density at radius 3 is 2.75 bits per heavy atom. The van der Waals surface area contributed by atoms with Gasteiger partial charge in [0.15, 0.2) is 0 Å². The third-order valence-electron chi connectivity index (χ3n) is 3.76. The van der Waals surface area contributed by atoms with Crippen LogP contribution < -0.4 is 10.6 Å². The average Bonchev–Trinajstić information content (AvgIpc) is 2.86. The van der Waals surface area contributed by atoms with Crippen molar-refractivity contribution in [3.63, 3.8) is 0 Å². The average molecular weight is 279 g/mol. The number of nitrogens with zero attached hydrogens (tertiary/aromatic N) is 2. The van der Waals surface area contributed by atoms with Crippen LogP contribution in [0.5, 0.6) is 0 Å². The second-order valence-corrected chi connectivity index (χ2v) is 7.03. The predicted octanol–water partition coefficient (Wildman–Crippen LogP) is 1.22. The molecule has 1 saturated heterocycles. The van der Waals surface area contributed by atoms with Crippen molar-refractivity contribution in [1.82, 2.24) is 25.8 Å². The van der Waals surface area contributed by atoms with Gasteiger partial charge in [-0.3, -0.25) is 9.89 Å². The van der Waals surface area contributed by atoms with E-state index in [4.69, 9.17) is 0 Å². The fourth-order valence-corrected chi connectivity index (χ4v) is 2.34. The van der Waals surface area contributed by atoms with E-state index >= 15 is 0 Å². The molecule has 0 saturated carbocycles. The van der Waals surface area contributed by atoms with Gasteiger partial charge >= 0.3 is 0 Å². The molecule has 1 aromatic heterocycles. The number of hydrogen-bond acceptors (Lipinski definition) is 4. The van der Waals surface area contributed by atoms with E-state index in [9.17, 15) is 4.79 Å². The normalized spacial score (nSPS) is 23.6.